The molecule has 26 heavy (non-hydrogen) atoms. The van der Waals surface area contributed by atoms with Crippen LogP contribution < -0.4 is 0 Å². The Morgan fingerprint density at radius 2 is 2.19 bits per heavy atom. The molecule has 1 saturated heterocycles. The molecular weight excluding hydrogens is 332 g/mol. The van der Waals surface area contributed by atoms with E-state index in [1.54, 1.807) is 11.8 Å². The molecule has 0 saturated carbocycles. The van der Waals surface area contributed by atoms with Crippen LogP contribution in [-0.4, -0.2) is 39.3 Å². The van der Waals surface area contributed by atoms with Gasteiger partial charge < -0.3 is 19.2 Å². The molecule has 1 aliphatic heterocycles. The Morgan fingerprint density at radius 1 is 1.42 bits per heavy atom. The molecule has 0 spiro atoms. The van der Waals surface area contributed by atoms with Gasteiger partial charge in [0.1, 0.15) is 11.1 Å². The molecule has 0 aliphatic carbocycles. The molecule has 3 rings (SSSR count). The average Bonchev–Trinajstić information content (AvgIpc) is 2.93. The van der Waals surface area contributed by atoms with Crippen molar-refractivity contribution in [2.45, 2.75) is 71.1 Å². The van der Waals surface area contributed by atoms with Crippen LogP contribution in [-0.2, 0) is 4.74 Å². The van der Waals surface area contributed by atoms with Crippen molar-refractivity contribution in [2.75, 3.05) is 6.54 Å². The van der Waals surface area contributed by atoms with E-state index in [1.165, 1.54) is 0 Å². The highest BCUT2D eigenvalue weighted by Gasteiger charge is 2.32. The first kappa shape index (κ1) is 18.7. The number of fused-ring (bicyclic) bond motifs is 1. The first-order valence-corrected chi connectivity index (χ1v) is 9.28. The van der Waals surface area contributed by atoms with Crippen LogP contribution in [0.1, 0.15) is 64.0 Å². The minimum Gasteiger partial charge on any atom is -0.444 e. The van der Waals surface area contributed by atoms with Gasteiger partial charge in [-0.15, -0.1) is 0 Å². The van der Waals surface area contributed by atoms with Crippen LogP contribution in [0.25, 0.3) is 11.1 Å². The summed E-state index contributed by atoms with van der Waals surface area (Å²) in [6, 6.07) is 5.55. The van der Waals surface area contributed by atoms with Crippen molar-refractivity contribution >= 4 is 17.2 Å². The minimum absolute atomic E-state index is 0.0483. The summed E-state index contributed by atoms with van der Waals surface area (Å²) in [4.78, 5) is 18.6. The van der Waals surface area contributed by atoms with Gasteiger partial charge in [-0.05, 0) is 52.5 Å². The van der Waals surface area contributed by atoms with Gasteiger partial charge in [0, 0.05) is 25.1 Å². The third kappa shape index (κ3) is 4.18. The van der Waals surface area contributed by atoms with Crippen LogP contribution >= 0.6 is 0 Å². The Morgan fingerprint density at radius 3 is 2.92 bits per heavy atom. The molecule has 2 heterocycles. The Hall–Kier alpha value is -2.08. The lowest BCUT2D eigenvalue weighted by molar-refractivity contribution is 0.00242. The van der Waals surface area contributed by atoms with E-state index in [1.807, 2.05) is 39.0 Å². The highest BCUT2D eigenvalue weighted by Crippen LogP contribution is 2.32. The van der Waals surface area contributed by atoms with Crippen LogP contribution in [0.3, 0.4) is 0 Å². The van der Waals surface area contributed by atoms with Crippen molar-refractivity contribution in [1.29, 1.82) is 0 Å². The third-order valence-corrected chi connectivity index (χ3v) is 4.66. The van der Waals surface area contributed by atoms with Crippen molar-refractivity contribution in [3.05, 3.63) is 29.7 Å². The summed E-state index contributed by atoms with van der Waals surface area (Å²) in [5.74, 6) is 0.577. The number of carbonyl (C=O) groups is 1. The minimum atomic E-state index is -0.723. The van der Waals surface area contributed by atoms with E-state index in [0.717, 1.165) is 30.3 Å². The van der Waals surface area contributed by atoms with Crippen molar-refractivity contribution in [2.24, 2.45) is 0 Å². The summed E-state index contributed by atoms with van der Waals surface area (Å²) in [6.07, 6.45) is 2.30. The molecule has 1 aliphatic rings. The van der Waals surface area contributed by atoms with E-state index in [-0.39, 0.29) is 12.1 Å². The summed E-state index contributed by atoms with van der Waals surface area (Å²) < 4.78 is 11.2. The maximum Gasteiger partial charge on any atom is 0.410 e. The predicted molar refractivity (Wildman–Crippen MR) is 98.9 cm³/mol. The van der Waals surface area contributed by atoms with Gasteiger partial charge in [-0.3, -0.25) is 0 Å². The van der Waals surface area contributed by atoms with Crippen LogP contribution in [0.2, 0.25) is 0 Å². The number of carbonyl (C=O) groups excluding carboxylic acids is 1. The van der Waals surface area contributed by atoms with Gasteiger partial charge >= 0.3 is 6.09 Å². The summed E-state index contributed by atoms with van der Waals surface area (Å²) in [5, 5.41) is 10.8. The molecule has 2 unspecified atom stereocenters. The van der Waals surface area contributed by atoms with Crippen LogP contribution in [0.15, 0.2) is 22.6 Å². The largest absolute Gasteiger partial charge is 0.444 e. The molecular formula is C20H28N2O4. The molecule has 2 aromatic rings. The normalized spacial score (nSPS) is 19.6. The van der Waals surface area contributed by atoms with E-state index in [0.29, 0.717) is 24.4 Å². The summed E-state index contributed by atoms with van der Waals surface area (Å²) in [7, 11) is 0. The van der Waals surface area contributed by atoms with Gasteiger partial charge in [0.05, 0.1) is 6.10 Å². The second kappa shape index (κ2) is 7.27. The number of ether oxygens (including phenoxy) is 1. The van der Waals surface area contributed by atoms with E-state index < -0.39 is 11.7 Å². The second-order valence-corrected chi connectivity index (χ2v) is 8.00. The van der Waals surface area contributed by atoms with Crippen molar-refractivity contribution < 1.29 is 19.1 Å². The number of piperidine rings is 1. The van der Waals surface area contributed by atoms with Gasteiger partial charge in [0.15, 0.2) is 11.5 Å². The number of aromatic nitrogens is 1. The number of aliphatic hydroxyl groups excluding tert-OH is 1. The van der Waals surface area contributed by atoms with Gasteiger partial charge in [0.2, 0.25) is 0 Å². The Labute approximate surface area is 154 Å². The number of amides is 1. The van der Waals surface area contributed by atoms with Gasteiger partial charge in [-0.1, -0.05) is 12.1 Å². The van der Waals surface area contributed by atoms with Gasteiger partial charge in [-0.25, -0.2) is 9.78 Å². The second-order valence-electron chi connectivity index (χ2n) is 8.00. The molecule has 1 fully saturated rings. The Kier molecular flexibility index (Phi) is 5.23. The number of rotatable bonds is 3. The smallest absolute Gasteiger partial charge is 0.410 e. The summed E-state index contributed by atoms with van der Waals surface area (Å²) in [5.41, 5.74) is 1.56. The fourth-order valence-corrected chi connectivity index (χ4v) is 3.54. The summed E-state index contributed by atoms with van der Waals surface area (Å²) in [6.45, 7) is 8.06. The first-order chi connectivity index (χ1) is 12.2. The van der Waals surface area contributed by atoms with Crippen LogP contribution in [0, 0.1) is 6.92 Å². The van der Waals surface area contributed by atoms with Gasteiger partial charge in [0.25, 0.3) is 0 Å². The highest BCUT2D eigenvalue weighted by molar-refractivity contribution is 5.76. The van der Waals surface area contributed by atoms with E-state index in [4.69, 9.17) is 9.15 Å². The molecule has 6 heteroatoms. The molecule has 1 aromatic heterocycles. The average molecular weight is 360 g/mol. The van der Waals surface area contributed by atoms with Crippen molar-refractivity contribution in [1.82, 2.24) is 9.88 Å². The predicted octanol–water partition coefficient (Wildman–Crippen LogP) is 4.35. The zero-order valence-corrected chi connectivity index (χ0v) is 16.0. The zero-order valence-electron chi connectivity index (χ0n) is 16.0. The number of aliphatic hydroxyl groups is 1. The third-order valence-electron chi connectivity index (χ3n) is 4.66. The standard InChI is InChI=1S/C20H28N2O4/c1-13-21-16-10-7-9-15(18(16)25-13)17(23)12-14-8-5-6-11-22(14)19(24)26-20(2,3)4/h7,9-10,14,17,23H,5-6,8,11-12H2,1-4H3. The summed E-state index contributed by atoms with van der Waals surface area (Å²) >= 11 is 0. The Bertz CT molecular complexity index is 778. The van der Waals surface area contributed by atoms with E-state index in [2.05, 4.69) is 4.98 Å². The number of para-hydroxylation sites is 1. The monoisotopic (exact) mass is 360 g/mol. The van der Waals surface area contributed by atoms with E-state index in [9.17, 15) is 9.90 Å². The molecule has 1 aromatic carbocycles. The maximum atomic E-state index is 12.6. The maximum absolute atomic E-state index is 12.6. The van der Waals surface area contributed by atoms with Crippen molar-refractivity contribution in [3.63, 3.8) is 0 Å². The molecule has 2 atom stereocenters. The van der Waals surface area contributed by atoms with Gasteiger partial charge in [-0.2, -0.15) is 0 Å². The van der Waals surface area contributed by atoms with Crippen molar-refractivity contribution in [3.8, 4) is 0 Å². The fraction of sp³-hybridized carbons (Fsp3) is 0.600. The quantitative estimate of drug-likeness (QED) is 0.881. The lowest BCUT2D eigenvalue weighted by atomic mass is 9.94. The Balaban J connectivity index is 1.77. The molecule has 0 bridgehead atoms. The number of hydrogen-bond acceptors (Lipinski definition) is 5. The lowest BCUT2D eigenvalue weighted by Crippen LogP contribution is -2.46. The molecule has 142 valence electrons. The molecule has 6 nitrogen and oxygen atoms in total. The highest BCUT2D eigenvalue weighted by atomic mass is 16.6. The molecule has 1 amide bonds. The van der Waals surface area contributed by atoms with E-state index >= 15 is 0 Å². The number of hydrogen-bond donors (Lipinski definition) is 1. The molecule has 0 radical (unpaired) electrons. The number of benzene rings is 1. The number of likely N-dealkylation sites (tertiary alicyclic amines) is 1. The molecule has 1 N–H and O–H groups in total. The topological polar surface area (TPSA) is 75.8 Å². The lowest BCUT2D eigenvalue weighted by Gasteiger charge is -2.37. The van der Waals surface area contributed by atoms with Crippen LogP contribution in [0.5, 0.6) is 0 Å². The zero-order chi connectivity index (χ0) is 18.9. The van der Waals surface area contributed by atoms with Crippen LogP contribution in [0.4, 0.5) is 4.79 Å². The fourth-order valence-electron chi connectivity index (χ4n) is 3.54. The SMILES string of the molecule is Cc1nc2cccc(C(O)CC3CCCCN3C(=O)OC(C)(C)C)c2o1. The number of nitrogens with zero attached hydrogens (tertiary/aromatic N) is 2. The first-order valence-electron chi connectivity index (χ1n) is 9.28. The number of aryl methyl sites for hydroxylation is 1. The number of oxazole rings is 1.